The van der Waals surface area contributed by atoms with E-state index in [-0.39, 0.29) is 11.8 Å². The van der Waals surface area contributed by atoms with Gasteiger partial charge in [-0.25, -0.2) is 17.7 Å². The van der Waals surface area contributed by atoms with Crippen LogP contribution in [0, 0.1) is 5.92 Å². The van der Waals surface area contributed by atoms with Crippen molar-refractivity contribution < 1.29 is 13.2 Å². The molecule has 2 aromatic rings. The maximum atomic E-state index is 12.3. The maximum absolute atomic E-state index is 12.3. The Morgan fingerprint density at radius 1 is 1.38 bits per heavy atom. The quantitative estimate of drug-likeness (QED) is 0.817. The van der Waals surface area contributed by atoms with E-state index in [1.807, 2.05) is 18.2 Å². The van der Waals surface area contributed by atoms with Gasteiger partial charge in [-0.3, -0.25) is 4.79 Å². The van der Waals surface area contributed by atoms with Crippen LogP contribution in [0.2, 0.25) is 5.02 Å². The lowest BCUT2D eigenvalue weighted by molar-refractivity contribution is 0.0937. The Bertz CT molecular complexity index is 890. The van der Waals surface area contributed by atoms with Crippen LogP contribution in [0.1, 0.15) is 23.3 Å². The fourth-order valence-corrected chi connectivity index (χ4v) is 4.77. The highest BCUT2D eigenvalue weighted by atomic mass is 35.5. The molecule has 2 heterocycles. The van der Waals surface area contributed by atoms with Gasteiger partial charge < -0.3 is 5.32 Å². The molecule has 6 nitrogen and oxygen atoms in total. The fourth-order valence-electron chi connectivity index (χ4n) is 2.90. The monoisotopic (exact) mass is 413 g/mol. The Labute approximate surface area is 162 Å². The highest BCUT2D eigenvalue weighted by Crippen LogP contribution is 2.26. The van der Waals surface area contributed by atoms with Crippen molar-refractivity contribution in [3.05, 3.63) is 40.4 Å². The molecule has 3 rings (SSSR count). The molecule has 1 fully saturated rings. The Morgan fingerprint density at radius 3 is 2.77 bits per heavy atom. The Kier molecular flexibility index (Phi) is 5.96. The molecule has 1 aromatic carbocycles. The van der Waals surface area contributed by atoms with Crippen LogP contribution in [0.25, 0.3) is 10.6 Å². The molecule has 1 aliphatic heterocycles. The second-order valence-corrected chi connectivity index (χ2v) is 9.64. The van der Waals surface area contributed by atoms with Crippen LogP contribution in [-0.4, -0.2) is 49.5 Å². The van der Waals surface area contributed by atoms with Crippen molar-refractivity contribution in [2.75, 3.05) is 25.9 Å². The first-order valence-electron chi connectivity index (χ1n) is 8.28. The number of benzene rings is 1. The third-order valence-corrected chi connectivity index (χ3v) is 6.83. The number of piperidine rings is 1. The summed E-state index contributed by atoms with van der Waals surface area (Å²) >= 11 is 7.39. The second kappa shape index (κ2) is 8.04. The zero-order valence-corrected chi connectivity index (χ0v) is 16.7. The average Bonchev–Trinajstić information content (AvgIpc) is 3.09. The number of aromatic nitrogens is 1. The van der Waals surface area contributed by atoms with Crippen molar-refractivity contribution in [1.29, 1.82) is 0 Å². The molecular weight excluding hydrogens is 394 g/mol. The number of carbonyl (C=O) groups excluding carboxylic acids is 1. The number of amides is 1. The molecule has 0 aliphatic carbocycles. The van der Waals surface area contributed by atoms with Crippen LogP contribution < -0.4 is 5.32 Å². The summed E-state index contributed by atoms with van der Waals surface area (Å²) in [4.78, 5) is 16.7. The number of thiazole rings is 1. The molecule has 0 radical (unpaired) electrons. The van der Waals surface area contributed by atoms with E-state index < -0.39 is 10.0 Å². The molecule has 0 saturated carbocycles. The largest absolute Gasteiger partial charge is 0.350 e. The first-order valence-corrected chi connectivity index (χ1v) is 11.4. The van der Waals surface area contributed by atoms with Crippen LogP contribution >= 0.6 is 22.9 Å². The van der Waals surface area contributed by atoms with Crippen molar-refractivity contribution in [1.82, 2.24) is 14.6 Å². The van der Waals surface area contributed by atoms with Crippen molar-refractivity contribution in [2.24, 2.45) is 5.92 Å². The Hall–Kier alpha value is -1.48. The van der Waals surface area contributed by atoms with E-state index in [1.54, 1.807) is 11.4 Å². The van der Waals surface area contributed by atoms with E-state index in [4.69, 9.17) is 11.6 Å². The molecule has 1 amide bonds. The molecule has 26 heavy (non-hydrogen) atoms. The van der Waals surface area contributed by atoms with Crippen molar-refractivity contribution in [3.8, 4) is 10.6 Å². The summed E-state index contributed by atoms with van der Waals surface area (Å²) in [6.07, 6.45) is 2.73. The van der Waals surface area contributed by atoms with Gasteiger partial charge in [0.25, 0.3) is 5.91 Å². The first kappa shape index (κ1) is 19.3. The van der Waals surface area contributed by atoms with Crippen molar-refractivity contribution in [2.45, 2.75) is 12.8 Å². The summed E-state index contributed by atoms with van der Waals surface area (Å²) in [7, 11) is -3.12. The molecule has 1 saturated heterocycles. The van der Waals surface area contributed by atoms with Gasteiger partial charge in [-0.15, -0.1) is 11.3 Å². The molecular formula is C17H20ClN3O3S2. The number of sulfonamides is 1. The minimum atomic E-state index is -3.12. The van der Waals surface area contributed by atoms with Crippen molar-refractivity contribution >= 4 is 38.9 Å². The summed E-state index contributed by atoms with van der Waals surface area (Å²) in [5.41, 5.74) is 1.27. The normalized spacial score (nSPS) is 16.5. The predicted octanol–water partition coefficient (Wildman–Crippen LogP) is 2.86. The zero-order chi connectivity index (χ0) is 18.7. The number of hydrogen-bond acceptors (Lipinski definition) is 5. The molecule has 0 atom stereocenters. The standard InChI is InChI=1S/C17H20ClN3O3S2/c1-26(23,24)21-7-5-12(6-8-21)10-19-16(22)15-11-25-17(20-15)13-3-2-4-14(18)9-13/h2-4,9,11-12H,5-8,10H2,1H3,(H,19,22). The van der Waals surface area contributed by atoms with E-state index in [0.717, 1.165) is 23.4 Å². The summed E-state index contributed by atoms with van der Waals surface area (Å²) in [5, 5.41) is 6.02. The van der Waals surface area contributed by atoms with Crippen LogP contribution in [-0.2, 0) is 10.0 Å². The smallest absolute Gasteiger partial charge is 0.270 e. The number of nitrogens with zero attached hydrogens (tertiary/aromatic N) is 2. The molecule has 0 bridgehead atoms. The molecule has 0 unspecified atom stereocenters. The summed E-state index contributed by atoms with van der Waals surface area (Å²) in [5.74, 6) is 0.0723. The van der Waals surface area contributed by atoms with E-state index in [2.05, 4.69) is 10.3 Å². The number of hydrogen-bond donors (Lipinski definition) is 1. The van der Waals surface area contributed by atoms with Crippen LogP contribution in [0.5, 0.6) is 0 Å². The van der Waals surface area contributed by atoms with Crippen LogP contribution in [0.3, 0.4) is 0 Å². The van der Waals surface area contributed by atoms with Gasteiger partial charge in [0.15, 0.2) is 0 Å². The third-order valence-electron chi connectivity index (χ3n) is 4.40. The van der Waals surface area contributed by atoms with Gasteiger partial charge in [0.2, 0.25) is 10.0 Å². The summed E-state index contributed by atoms with van der Waals surface area (Å²) < 4.78 is 24.5. The third kappa shape index (κ3) is 4.82. The van der Waals surface area contributed by atoms with Gasteiger partial charge in [0.1, 0.15) is 10.7 Å². The van der Waals surface area contributed by atoms with Gasteiger partial charge in [0, 0.05) is 35.6 Å². The summed E-state index contributed by atoms with van der Waals surface area (Å²) in [6, 6.07) is 7.36. The molecule has 1 aromatic heterocycles. The number of halogens is 1. The van der Waals surface area contributed by atoms with Gasteiger partial charge in [-0.05, 0) is 30.9 Å². The van der Waals surface area contributed by atoms with Crippen LogP contribution in [0.15, 0.2) is 29.6 Å². The highest BCUT2D eigenvalue weighted by molar-refractivity contribution is 7.88. The lowest BCUT2D eigenvalue weighted by Crippen LogP contribution is -2.41. The zero-order valence-electron chi connectivity index (χ0n) is 14.3. The fraction of sp³-hybridized carbons (Fsp3) is 0.412. The highest BCUT2D eigenvalue weighted by Gasteiger charge is 2.25. The Morgan fingerprint density at radius 2 is 2.12 bits per heavy atom. The molecule has 1 N–H and O–H groups in total. The lowest BCUT2D eigenvalue weighted by Gasteiger charge is -2.30. The van der Waals surface area contributed by atoms with Gasteiger partial charge in [0.05, 0.1) is 6.26 Å². The molecule has 9 heteroatoms. The van der Waals surface area contributed by atoms with Gasteiger partial charge in [-0.2, -0.15) is 0 Å². The predicted molar refractivity (Wildman–Crippen MR) is 104 cm³/mol. The minimum absolute atomic E-state index is 0.208. The first-order chi connectivity index (χ1) is 12.3. The maximum Gasteiger partial charge on any atom is 0.270 e. The van der Waals surface area contributed by atoms with Gasteiger partial charge >= 0.3 is 0 Å². The number of carbonyl (C=O) groups is 1. The Balaban J connectivity index is 1.53. The topological polar surface area (TPSA) is 79.4 Å². The molecule has 0 spiro atoms. The van der Waals surface area contributed by atoms with Crippen molar-refractivity contribution in [3.63, 3.8) is 0 Å². The van der Waals surface area contributed by atoms with E-state index >= 15 is 0 Å². The lowest BCUT2D eigenvalue weighted by atomic mass is 9.98. The average molecular weight is 414 g/mol. The van der Waals surface area contributed by atoms with Crippen LogP contribution in [0.4, 0.5) is 0 Å². The number of nitrogens with one attached hydrogen (secondary N) is 1. The van der Waals surface area contributed by atoms with E-state index in [9.17, 15) is 13.2 Å². The van der Waals surface area contributed by atoms with E-state index in [0.29, 0.717) is 30.4 Å². The number of rotatable bonds is 5. The minimum Gasteiger partial charge on any atom is -0.350 e. The molecule has 140 valence electrons. The SMILES string of the molecule is CS(=O)(=O)N1CCC(CNC(=O)c2csc(-c3cccc(Cl)c3)n2)CC1. The van der Waals surface area contributed by atoms with Gasteiger partial charge in [-0.1, -0.05) is 23.7 Å². The van der Waals surface area contributed by atoms with E-state index in [1.165, 1.54) is 21.9 Å². The summed E-state index contributed by atoms with van der Waals surface area (Å²) in [6.45, 7) is 1.55. The molecule has 1 aliphatic rings. The second-order valence-electron chi connectivity index (χ2n) is 6.36.